The van der Waals surface area contributed by atoms with Gasteiger partial charge in [0, 0.05) is 38.3 Å². The van der Waals surface area contributed by atoms with Gasteiger partial charge in [0.15, 0.2) is 5.96 Å². The van der Waals surface area contributed by atoms with E-state index >= 15 is 0 Å². The number of nitrogens with one attached hydrogen (secondary N) is 3. The van der Waals surface area contributed by atoms with Crippen molar-refractivity contribution in [2.45, 2.75) is 78.3 Å². The number of guanidine groups is 1. The molecule has 1 amide bonds. The second-order valence-corrected chi connectivity index (χ2v) is 8.33. The van der Waals surface area contributed by atoms with Crippen molar-refractivity contribution in [2.75, 3.05) is 32.7 Å². The fraction of sp³-hybridized carbons (Fsp3) is 0.900. The summed E-state index contributed by atoms with van der Waals surface area (Å²) in [6.07, 6.45) is 7.92. The van der Waals surface area contributed by atoms with Gasteiger partial charge in [-0.05, 0) is 53.4 Å². The fourth-order valence-electron chi connectivity index (χ4n) is 3.94. The first-order chi connectivity index (χ1) is 12.5. The van der Waals surface area contributed by atoms with Crippen LogP contribution in [0.4, 0.5) is 0 Å². The van der Waals surface area contributed by atoms with Gasteiger partial charge in [-0.15, -0.1) is 0 Å². The number of nitrogens with zero attached hydrogens (tertiary/aromatic N) is 2. The summed E-state index contributed by atoms with van der Waals surface area (Å²) in [5.41, 5.74) is -0.496. The van der Waals surface area contributed by atoms with Crippen LogP contribution in [0.2, 0.25) is 0 Å². The van der Waals surface area contributed by atoms with Gasteiger partial charge in [-0.2, -0.15) is 0 Å². The molecule has 2 rings (SSSR count). The SMILES string of the molecule is CCNC(=O)C(C)(C)CN=C(NCC)NC1CCN(C2CCCC2)CC1. The molecule has 6 nitrogen and oxygen atoms in total. The van der Waals surface area contributed by atoms with Crippen LogP contribution in [0.25, 0.3) is 0 Å². The van der Waals surface area contributed by atoms with Crippen LogP contribution in [-0.4, -0.2) is 61.6 Å². The summed E-state index contributed by atoms with van der Waals surface area (Å²) in [4.78, 5) is 19.5. The van der Waals surface area contributed by atoms with Gasteiger partial charge in [0.1, 0.15) is 0 Å². The van der Waals surface area contributed by atoms with Gasteiger partial charge in [-0.3, -0.25) is 9.79 Å². The number of carbonyl (C=O) groups is 1. The van der Waals surface area contributed by atoms with E-state index in [2.05, 4.69) is 27.8 Å². The van der Waals surface area contributed by atoms with Crippen LogP contribution in [0, 0.1) is 5.41 Å². The van der Waals surface area contributed by atoms with Crippen molar-refractivity contribution >= 4 is 11.9 Å². The number of hydrogen-bond acceptors (Lipinski definition) is 3. The van der Waals surface area contributed by atoms with Gasteiger partial charge in [-0.1, -0.05) is 12.8 Å². The molecule has 3 N–H and O–H groups in total. The van der Waals surface area contributed by atoms with E-state index in [1.54, 1.807) is 0 Å². The minimum atomic E-state index is -0.496. The molecule has 0 atom stereocenters. The lowest BCUT2D eigenvalue weighted by Gasteiger charge is -2.36. The normalized spacial score (nSPS) is 21.0. The van der Waals surface area contributed by atoms with Crippen LogP contribution in [0.3, 0.4) is 0 Å². The number of piperidine rings is 1. The summed E-state index contributed by atoms with van der Waals surface area (Å²) in [5, 5.41) is 9.83. The first kappa shape index (κ1) is 21.0. The molecule has 0 bridgehead atoms. The van der Waals surface area contributed by atoms with Crippen molar-refractivity contribution in [3.8, 4) is 0 Å². The number of amides is 1. The van der Waals surface area contributed by atoms with E-state index in [0.29, 0.717) is 19.1 Å². The zero-order valence-electron chi connectivity index (χ0n) is 17.2. The predicted molar refractivity (Wildman–Crippen MR) is 108 cm³/mol. The lowest BCUT2D eigenvalue weighted by Crippen LogP contribution is -2.50. The Balaban J connectivity index is 1.84. The molecule has 2 fully saturated rings. The highest BCUT2D eigenvalue weighted by Gasteiger charge is 2.29. The summed E-state index contributed by atoms with van der Waals surface area (Å²) in [5.74, 6) is 0.897. The molecule has 1 heterocycles. The van der Waals surface area contributed by atoms with Gasteiger partial charge in [0.25, 0.3) is 0 Å². The zero-order chi connectivity index (χ0) is 19.0. The molecular weight excluding hydrogens is 326 g/mol. The quantitative estimate of drug-likeness (QED) is 0.477. The Morgan fingerprint density at radius 3 is 2.23 bits per heavy atom. The standard InChI is InChI=1S/C20H39N5O/c1-5-21-18(26)20(3,4)15-23-19(22-6-2)24-16-11-13-25(14-12-16)17-9-7-8-10-17/h16-17H,5-15H2,1-4H3,(H,21,26)(H2,22,23,24). The van der Waals surface area contributed by atoms with Crippen molar-refractivity contribution in [2.24, 2.45) is 10.4 Å². The van der Waals surface area contributed by atoms with E-state index in [0.717, 1.165) is 18.5 Å². The highest BCUT2D eigenvalue weighted by molar-refractivity contribution is 5.83. The average molecular weight is 366 g/mol. The van der Waals surface area contributed by atoms with Gasteiger partial charge in [0.2, 0.25) is 5.91 Å². The van der Waals surface area contributed by atoms with Crippen molar-refractivity contribution < 1.29 is 4.79 Å². The minimum absolute atomic E-state index is 0.0597. The third-order valence-corrected chi connectivity index (χ3v) is 5.64. The molecule has 26 heavy (non-hydrogen) atoms. The summed E-state index contributed by atoms with van der Waals surface area (Å²) in [6, 6.07) is 1.30. The van der Waals surface area contributed by atoms with Crippen molar-refractivity contribution in [1.82, 2.24) is 20.9 Å². The maximum absolute atomic E-state index is 12.2. The maximum Gasteiger partial charge on any atom is 0.227 e. The number of likely N-dealkylation sites (tertiary alicyclic amines) is 1. The molecule has 0 aromatic rings. The molecule has 0 aromatic carbocycles. The number of rotatable bonds is 7. The summed E-state index contributed by atoms with van der Waals surface area (Å²) < 4.78 is 0. The molecule has 0 spiro atoms. The fourth-order valence-corrected chi connectivity index (χ4v) is 3.94. The third kappa shape index (κ3) is 6.15. The first-order valence-corrected chi connectivity index (χ1v) is 10.5. The van der Waals surface area contributed by atoms with Crippen molar-refractivity contribution in [3.05, 3.63) is 0 Å². The van der Waals surface area contributed by atoms with Gasteiger partial charge < -0.3 is 20.9 Å². The molecule has 0 radical (unpaired) electrons. The van der Waals surface area contributed by atoms with Crippen LogP contribution in [-0.2, 0) is 4.79 Å². The molecule has 6 heteroatoms. The molecule has 0 unspecified atom stereocenters. The van der Waals surface area contributed by atoms with Crippen molar-refractivity contribution in [1.29, 1.82) is 0 Å². The van der Waals surface area contributed by atoms with E-state index in [4.69, 9.17) is 4.99 Å². The molecule has 0 aromatic heterocycles. The average Bonchev–Trinajstić information content (AvgIpc) is 3.15. The van der Waals surface area contributed by atoms with Gasteiger partial charge in [0.05, 0.1) is 12.0 Å². The summed E-state index contributed by atoms with van der Waals surface area (Å²) >= 11 is 0. The van der Waals surface area contributed by atoms with E-state index in [9.17, 15) is 4.79 Å². The van der Waals surface area contributed by atoms with Crippen LogP contribution >= 0.6 is 0 Å². The lowest BCUT2D eigenvalue weighted by atomic mass is 9.92. The highest BCUT2D eigenvalue weighted by Crippen LogP contribution is 2.26. The molecule has 1 aliphatic heterocycles. The Labute approximate surface area is 159 Å². The van der Waals surface area contributed by atoms with E-state index in [1.807, 2.05) is 20.8 Å². The van der Waals surface area contributed by atoms with Crippen LogP contribution in [0.15, 0.2) is 4.99 Å². The largest absolute Gasteiger partial charge is 0.357 e. The number of aliphatic imine (C=N–C) groups is 1. The second-order valence-electron chi connectivity index (χ2n) is 8.33. The Kier molecular flexibility index (Phi) is 8.19. The second kappa shape index (κ2) is 10.1. The summed E-state index contributed by atoms with van der Waals surface area (Å²) in [7, 11) is 0. The number of hydrogen-bond donors (Lipinski definition) is 3. The Morgan fingerprint density at radius 1 is 1.04 bits per heavy atom. The number of carbonyl (C=O) groups excluding carboxylic acids is 1. The Morgan fingerprint density at radius 2 is 1.65 bits per heavy atom. The van der Waals surface area contributed by atoms with Crippen LogP contribution < -0.4 is 16.0 Å². The predicted octanol–water partition coefficient (Wildman–Crippen LogP) is 2.11. The molecule has 150 valence electrons. The van der Waals surface area contributed by atoms with Crippen molar-refractivity contribution in [3.63, 3.8) is 0 Å². The summed E-state index contributed by atoms with van der Waals surface area (Å²) in [6.45, 7) is 12.3. The van der Waals surface area contributed by atoms with Gasteiger partial charge in [-0.25, -0.2) is 0 Å². The topological polar surface area (TPSA) is 68.8 Å². The van der Waals surface area contributed by atoms with E-state index in [1.165, 1.54) is 51.6 Å². The molecule has 1 saturated heterocycles. The third-order valence-electron chi connectivity index (χ3n) is 5.64. The van der Waals surface area contributed by atoms with E-state index < -0.39 is 5.41 Å². The molecule has 1 saturated carbocycles. The smallest absolute Gasteiger partial charge is 0.227 e. The molecule has 2 aliphatic rings. The molecule has 1 aliphatic carbocycles. The maximum atomic E-state index is 12.2. The van der Waals surface area contributed by atoms with Crippen LogP contribution in [0.5, 0.6) is 0 Å². The first-order valence-electron chi connectivity index (χ1n) is 10.5. The monoisotopic (exact) mass is 365 g/mol. The Bertz CT molecular complexity index is 463. The highest BCUT2D eigenvalue weighted by atomic mass is 16.2. The lowest BCUT2D eigenvalue weighted by molar-refractivity contribution is -0.128. The minimum Gasteiger partial charge on any atom is -0.357 e. The molecular formula is C20H39N5O. The van der Waals surface area contributed by atoms with Crippen LogP contribution in [0.1, 0.15) is 66.2 Å². The zero-order valence-corrected chi connectivity index (χ0v) is 17.2. The van der Waals surface area contributed by atoms with Gasteiger partial charge >= 0.3 is 0 Å². The van der Waals surface area contributed by atoms with E-state index in [-0.39, 0.29) is 5.91 Å². The Hall–Kier alpha value is -1.30.